The molecule has 1 fully saturated rings. The number of fused-ring (bicyclic) bond motifs is 2. The van der Waals surface area contributed by atoms with Gasteiger partial charge in [0.1, 0.15) is 6.33 Å². The van der Waals surface area contributed by atoms with Gasteiger partial charge in [-0.05, 0) is 43.0 Å². The number of H-pyrrole nitrogens is 1. The molecule has 0 unspecified atom stereocenters. The average Bonchev–Trinajstić information content (AvgIpc) is 3.33. The smallest absolute Gasteiger partial charge is 0.224 e. The zero-order valence-corrected chi connectivity index (χ0v) is 15.6. The Bertz CT molecular complexity index is 960. The number of benzene rings is 1. The number of ether oxygens (including phenoxy) is 1. The lowest BCUT2D eigenvalue weighted by Gasteiger charge is -2.36. The first kappa shape index (κ1) is 16.5. The Morgan fingerprint density at radius 2 is 2.00 bits per heavy atom. The van der Waals surface area contributed by atoms with Crippen molar-refractivity contribution in [3.05, 3.63) is 41.5 Å². The molecule has 0 radical (unpaired) electrons. The van der Waals surface area contributed by atoms with Crippen molar-refractivity contribution in [1.82, 2.24) is 25.1 Å². The van der Waals surface area contributed by atoms with Crippen LogP contribution in [0.3, 0.4) is 0 Å². The number of methoxy groups -OCH3 is 1. The Balaban J connectivity index is 1.28. The van der Waals surface area contributed by atoms with E-state index in [1.165, 1.54) is 35.5 Å². The fraction of sp³-hybridized carbons (Fsp3) is 0.450. The van der Waals surface area contributed by atoms with Crippen LogP contribution in [0.25, 0.3) is 10.9 Å². The number of nitrogens with one attached hydrogen (secondary N) is 1. The lowest BCUT2D eigenvalue weighted by molar-refractivity contribution is 0.246. The van der Waals surface area contributed by atoms with Gasteiger partial charge in [0.25, 0.3) is 0 Å². The summed E-state index contributed by atoms with van der Waals surface area (Å²) in [7, 11) is 1.65. The summed E-state index contributed by atoms with van der Waals surface area (Å²) < 4.78 is 5.39. The molecule has 0 spiro atoms. The molecule has 140 valence electrons. The molecule has 0 bridgehead atoms. The van der Waals surface area contributed by atoms with E-state index in [4.69, 9.17) is 4.74 Å². The second-order valence-electron chi connectivity index (χ2n) is 7.33. The highest BCUT2D eigenvalue weighted by Crippen LogP contribution is 2.28. The molecule has 7 heteroatoms. The van der Waals surface area contributed by atoms with E-state index in [1.54, 1.807) is 13.4 Å². The first-order valence-electron chi connectivity index (χ1n) is 9.63. The predicted octanol–water partition coefficient (Wildman–Crippen LogP) is 2.17. The zero-order chi connectivity index (χ0) is 18.2. The van der Waals surface area contributed by atoms with E-state index in [1.807, 2.05) is 6.07 Å². The average molecular weight is 364 g/mol. The van der Waals surface area contributed by atoms with Gasteiger partial charge in [-0.15, -0.1) is 0 Å². The first-order valence-corrected chi connectivity index (χ1v) is 9.63. The van der Waals surface area contributed by atoms with Crippen LogP contribution < -0.4 is 9.64 Å². The fourth-order valence-corrected chi connectivity index (χ4v) is 4.28. The van der Waals surface area contributed by atoms with Gasteiger partial charge < -0.3 is 9.64 Å². The van der Waals surface area contributed by atoms with Crippen molar-refractivity contribution in [2.24, 2.45) is 0 Å². The Labute approximate surface area is 158 Å². The highest BCUT2D eigenvalue weighted by Gasteiger charge is 2.23. The molecule has 1 N–H and O–H groups in total. The van der Waals surface area contributed by atoms with Crippen molar-refractivity contribution < 1.29 is 4.74 Å². The zero-order valence-electron chi connectivity index (χ0n) is 15.6. The van der Waals surface area contributed by atoms with Crippen LogP contribution in [0.1, 0.15) is 23.4 Å². The summed E-state index contributed by atoms with van der Waals surface area (Å²) in [5.41, 5.74) is 6.20. The number of hydrogen-bond acceptors (Lipinski definition) is 6. The minimum Gasteiger partial charge on any atom is -0.480 e. The number of piperazine rings is 1. The molecule has 3 heterocycles. The van der Waals surface area contributed by atoms with Crippen molar-refractivity contribution in [2.45, 2.75) is 25.8 Å². The van der Waals surface area contributed by atoms with Gasteiger partial charge in [0.2, 0.25) is 5.88 Å². The molecule has 2 aliphatic rings. The third-order valence-electron chi connectivity index (χ3n) is 5.78. The number of rotatable bonds is 4. The summed E-state index contributed by atoms with van der Waals surface area (Å²) in [5, 5.41) is 8.75. The molecule has 0 amide bonds. The summed E-state index contributed by atoms with van der Waals surface area (Å²) >= 11 is 0. The maximum Gasteiger partial charge on any atom is 0.224 e. The number of aryl methyl sites for hydroxylation is 1. The normalized spacial score (nSPS) is 17.4. The van der Waals surface area contributed by atoms with Gasteiger partial charge in [-0.2, -0.15) is 5.10 Å². The fourth-order valence-electron chi connectivity index (χ4n) is 4.28. The third-order valence-corrected chi connectivity index (χ3v) is 5.78. The maximum atomic E-state index is 5.39. The van der Waals surface area contributed by atoms with Gasteiger partial charge in [-0.3, -0.25) is 10.00 Å². The molecule has 7 nitrogen and oxygen atoms in total. The van der Waals surface area contributed by atoms with Crippen LogP contribution in [0.15, 0.2) is 24.5 Å². The topological polar surface area (TPSA) is 70.2 Å². The van der Waals surface area contributed by atoms with Crippen LogP contribution in [0, 0.1) is 0 Å². The van der Waals surface area contributed by atoms with E-state index in [-0.39, 0.29) is 0 Å². The van der Waals surface area contributed by atoms with Gasteiger partial charge in [-0.25, -0.2) is 9.97 Å². The molecule has 0 saturated carbocycles. The monoisotopic (exact) mass is 364 g/mol. The maximum absolute atomic E-state index is 5.39. The van der Waals surface area contributed by atoms with E-state index in [0.29, 0.717) is 5.88 Å². The predicted molar refractivity (Wildman–Crippen MR) is 104 cm³/mol. The molecular weight excluding hydrogens is 340 g/mol. The standard InChI is InChI=1S/C20H24N6O/c1-27-20-16-11-14(5-6-17(16)21-13-22-20)26-9-7-25(8-10-26)12-19-15-3-2-4-18(15)23-24-19/h5-6,11,13H,2-4,7-10,12H2,1H3,(H,23,24). The van der Waals surface area contributed by atoms with Crippen LogP contribution in [0.4, 0.5) is 5.69 Å². The lowest BCUT2D eigenvalue weighted by Crippen LogP contribution is -2.46. The Hall–Kier alpha value is -2.67. The van der Waals surface area contributed by atoms with Crippen LogP contribution >= 0.6 is 0 Å². The van der Waals surface area contributed by atoms with Crippen molar-refractivity contribution >= 4 is 16.6 Å². The van der Waals surface area contributed by atoms with E-state index in [9.17, 15) is 0 Å². The molecule has 27 heavy (non-hydrogen) atoms. The van der Waals surface area contributed by atoms with Crippen LogP contribution in [0.5, 0.6) is 5.88 Å². The van der Waals surface area contributed by atoms with Gasteiger partial charge in [0.15, 0.2) is 0 Å². The van der Waals surface area contributed by atoms with Crippen molar-refractivity contribution in [1.29, 1.82) is 0 Å². The molecule has 2 aromatic heterocycles. The molecule has 1 aromatic carbocycles. The summed E-state index contributed by atoms with van der Waals surface area (Å²) in [6.07, 6.45) is 5.15. The Morgan fingerprint density at radius 1 is 1.11 bits per heavy atom. The first-order chi connectivity index (χ1) is 13.3. The minimum atomic E-state index is 0.632. The quantitative estimate of drug-likeness (QED) is 0.765. The van der Waals surface area contributed by atoms with Gasteiger partial charge in [0.05, 0.1) is 23.7 Å². The van der Waals surface area contributed by atoms with Crippen LogP contribution in [-0.2, 0) is 19.4 Å². The number of hydrogen-bond donors (Lipinski definition) is 1. The van der Waals surface area contributed by atoms with E-state index < -0.39 is 0 Å². The molecule has 0 atom stereocenters. The molecule has 3 aromatic rings. The number of nitrogens with zero attached hydrogens (tertiary/aromatic N) is 5. The van der Waals surface area contributed by atoms with Crippen LogP contribution in [0.2, 0.25) is 0 Å². The van der Waals surface area contributed by atoms with Gasteiger partial charge in [0, 0.05) is 44.1 Å². The van der Waals surface area contributed by atoms with E-state index >= 15 is 0 Å². The largest absolute Gasteiger partial charge is 0.480 e. The molecule has 1 aliphatic heterocycles. The second-order valence-corrected chi connectivity index (χ2v) is 7.33. The van der Waals surface area contributed by atoms with E-state index in [2.05, 4.69) is 42.1 Å². The molecule has 1 saturated heterocycles. The van der Waals surface area contributed by atoms with Crippen LogP contribution in [-0.4, -0.2) is 58.4 Å². The summed E-state index contributed by atoms with van der Waals surface area (Å²) in [5.74, 6) is 0.632. The number of aromatic nitrogens is 4. The summed E-state index contributed by atoms with van der Waals surface area (Å²) in [6, 6.07) is 6.34. The lowest BCUT2D eigenvalue weighted by atomic mass is 10.1. The summed E-state index contributed by atoms with van der Waals surface area (Å²) in [6.45, 7) is 5.06. The molecule has 5 rings (SSSR count). The van der Waals surface area contributed by atoms with E-state index in [0.717, 1.165) is 50.0 Å². The van der Waals surface area contributed by atoms with Crippen molar-refractivity contribution in [3.63, 3.8) is 0 Å². The Morgan fingerprint density at radius 3 is 2.85 bits per heavy atom. The summed E-state index contributed by atoms with van der Waals surface area (Å²) in [4.78, 5) is 13.5. The highest BCUT2D eigenvalue weighted by atomic mass is 16.5. The SMILES string of the molecule is COc1ncnc2ccc(N3CCN(Cc4n[nH]c5c4CCC5)CC3)cc12. The highest BCUT2D eigenvalue weighted by molar-refractivity contribution is 5.86. The third kappa shape index (κ3) is 3.02. The molecule has 1 aliphatic carbocycles. The van der Waals surface area contributed by atoms with Crippen molar-refractivity contribution in [3.8, 4) is 5.88 Å². The number of aromatic amines is 1. The van der Waals surface area contributed by atoms with Crippen molar-refractivity contribution in [2.75, 3.05) is 38.2 Å². The molecular formula is C20H24N6O. The second kappa shape index (κ2) is 6.81. The number of anilines is 1. The minimum absolute atomic E-state index is 0.632. The van der Waals surface area contributed by atoms with Gasteiger partial charge in [-0.1, -0.05) is 0 Å². The Kier molecular flexibility index (Phi) is 4.16. The van der Waals surface area contributed by atoms with Gasteiger partial charge >= 0.3 is 0 Å².